The number of benzene rings is 2. The molecule has 30 heavy (non-hydrogen) atoms. The lowest BCUT2D eigenvalue weighted by Crippen LogP contribution is -2.34. The molecule has 2 aromatic rings. The maximum Gasteiger partial charge on any atom is 0.251 e. The molecule has 8 nitrogen and oxygen atoms in total. The summed E-state index contributed by atoms with van der Waals surface area (Å²) < 4.78 is 5.13. The first-order chi connectivity index (χ1) is 14.4. The van der Waals surface area contributed by atoms with E-state index in [0.717, 1.165) is 5.56 Å². The Morgan fingerprint density at radius 3 is 2.37 bits per heavy atom. The third-order valence-corrected chi connectivity index (χ3v) is 4.35. The number of rotatable bonds is 10. The van der Waals surface area contributed by atoms with Crippen LogP contribution in [0.25, 0.3) is 0 Å². The normalized spacial score (nSPS) is 11.3. The molecular weight excluding hydrogens is 386 g/mol. The Kier molecular flexibility index (Phi) is 8.68. The first-order valence-corrected chi connectivity index (χ1v) is 9.64. The summed E-state index contributed by atoms with van der Waals surface area (Å²) >= 11 is 0. The van der Waals surface area contributed by atoms with Crippen LogP contribution in [0.5, 0.6) is 11.5 Å². The first-order valence-electron chi connectivity index (χ1n) is 9.64. The van der Waals surface area contributed by atoms with Gasteiger partial charge >= 0.3 is 0 Å². The van der Waals surface area contributed by atoms with Gasteiger partial charge in [0.1, 0.15) is 11.5 Å². The molecular formula is C22H27N3O5. The van der Waals surface area contributed by atoms with Crippen molar-refractivity contribution >= 4 is 17.7 Å². The molecule has 1 unspecified atom stereocenters. The molecule has 0 aliphatic carbocycles. The Balaban J connectivity index is 1.76. The minimum absolute atomic E-state index is 0.0282. The molecule has 0 aromatic heterocycles. The largest absolute Gasteiger partial charge is 0.508 e. The molecule has 0 saturated carbocycles. The molecule has 0 bridgehead atoms. The monoisotopic (exact) mass is 413 g/mol. The topological polar surface area (TPSA) is 117 Å². The van der Waals surface area contributed by atoms with Crippen molar-refractivity contribution in [1.82, 2.24) is 16.0 Å². The summed E-state index contributed by atoms with van der Waals surface area (Å²) in [5, 5.41) is 17.7. The van der Waals surface area contributed by atoms with Gasteiger partial charge in [0.15, 0.2) is 0 Å². The van der Waals surface area contributed by atoms with Crippen LogP contribution in [-0.4, -0.2) is 43.0 Å². The fourth-order valence-electron chi connectivity index (χ4n) is 2.86. The van der Waals surface area contributed by atoms with Crippen molar-refractivity contribution in [2.75, 3.05) is 20.2 Å². The van der Waals surface area contributed by atoms with Gasteiger partial charge in [-0.25, -0.2) is 0 Å². The van der Waals surface area contributed by atoms with Gasteiger partial charge in [-0.3, -0.25) is 14.4 Å². The molecule has 160 valence electrons. The van der Waals surface area contributed by atoms with Crippen LogP contribution in [-0.2, 0) is 9.59 Å². The number of carbonyl (C=O) groups is 3. The molecule has 0 aliphatic rings. The van der Waals surface area contributed by atoms with Crippen molar-refractivity contribution in [3.05, 3.63) is 59.7 Å². The number of hydrogen-bond acceptors (Lipinski definition) is 5. The number of ether oxygens (including phenoxy) is 1. The van der Waals surface area contributed by atoms with Crippen molar-refractivity contribution in [2.24, 2.45) is 0 Å². The van der Waals surface area contributed by atoms with E-state index in [1.807, 2.05) is 12.1 Å². The number of hydrogen-bond donors (Lipinski definition) is 4. The highest BCUT2D eigenvalue weighted by atomic mass is 16.5. The Hall–Kier alpha value is -3.55. The van der Waals surface area contributed by atoms with E-state index in [-0.39, 0.29) is 29.9 Å². The molecule has 4 N–H and O–H groups in total. The van der Waals surface area contributed by atoms with Crippen molar-refractivity contribution in [3.63, 3.8) is 0 Å². The Morgan fingerprint density at radius 2 is 1.73 bits per heavy atom. The average Bonchev–Trinajstić information content (AvgIpc) is 2.72. The summed E-state index contributed by atoms with van der Waals surface area (Å²) in [6.45, 7) is 2.17. The van der Waals surface area contributed by atoms with Gasteiger partial charge in [0.05, 0.1) is 19.6 Å². The fraction of sp³-hybridized carbons (Fsp3) is 0.318. The molecule has 3 amide bonds. The quantitative estimate of drug-likeness (QED) is 0.444. The highest BCUT2D eigenvalue weighted by Gasteiger charge is 2.17. The Morgan fingerprint density at radius 1 is 1.03 bits per heavy atom. The van der Waals surface area contributed by atoms with E-state index in [9.17, 15) is 19.5 Å². The summed E-state index contributed by atoms with van der Waals surface area (Å²) in [4.78, 5) is 35.8. The number of phenolic OH excluding ortho intramolecular Hbond substituents is 1. The summed E-state index contributed by atoms with van der Waals surface area (Å²) in [7, 11) is 1.57. The molecule has 0 radical (unpaired) electrons. The van der Waals surface area contributed by atoms with Crippen LogP contribution in [0.15, 0.2) is 48.5 Å². The Labute approximate surface area is 175 Å². The van der Waals surface area contributed by atoms with Crippen LogP contribution in [0.3, 0.4) is 0 Å². The van der Waals surface area contributed by atoms with Crippen LogP contribution in [0.2, 0.25) is 0 Å². The smallest absolute Gasteiger partial charge is 0.251 e. The van der Waals surface area contributed by atoms with E-state index < -0.39 is 6.04 Å². The second-order valence-corrected chi connectivity index (χ2v) is 6.74. The summed E-state index contributed by atoms with van der Waals surface area (Å²) in [6.07, 6.45) is 0.644. The van der Waals surface area contributed by atoms with Gasteiger partial charge in [-0.2, -0.15) is 0 Å². The summed E-state index contributed by atoms with van der Waals surface area (Å²) in [5.74, 6) is 0.00245. The number of methoxy groups -OCH3 is 1. The third kappa shape index (κ3) is 7.46. The second-order valence-electron chi connectivity index (χ2n) is 6.74. The summed E-state index contributed by atoms with van der Waals surface area (Å²) in [5.41, 5.74) is 1.18. The second kappa shape index (κ2) is 11.5. The zero-order valence-electron chi connectivity index (χ0n) is 17.1. The van der Waals surface area contributed by atoms with Crippen molar-refractivity contribution in [1.29, 1.82) is 0 Å². The molecule has 8 heteroatoms. The van der Waals surface area contributed by atoms with Gasteiger partial charge in [0.25, 0.3) is 5.91 Å². The predicted molar refractivity (Wildman–Crippen MR) is 112 cm³/mol. The number of amides is 3. The maximum atomic E-state index is 12.3. The zero-order chi connectivity index (χ0) is 21.9. The number of nitrogens with one attached hydrogen (secondary N) is 3. The molecule has 2 rings (SSSR count). The van der Waals surface area contributed by atoms with Gasteiger partial charge < -0.3 is 25.8 Å². The molecule has 2 aromatic carbocycles. The molecule has 1 atom stereocenters. The number of carbonyl (C=O) groups excluding carboxylic acids is 3. The number of aromatic hydroxyl groups is 1. The third-order valence-electron chi connectivity index (χ3n) is 4.35. The van der Waals surface area contributed by atoms with E-state index >= 15 is 0 Å². The zero-order valence-corrected chi connectivity index (χ0v) is 17.1. The maximum absolute atomic E-state index is 12.3. The van der Waals surface area contributed by atoms with E-state index in [2.05, 4.69) is 16.0 Å². The van der Waals surface area contributed by atoms with Gasteiger partial charge in [-0.15, -0.1) is 0 Å². The minimum atomic E-state index is -0.445. The van der Waals surface area contributed by atoms with Crippen LogP contribution < -0.4 is 20.7 Å². The SMILES string of the molecule is COc1ccc(C(CC(=O)NCCCNC(=O)c2cccc(O)c2)NC(C)=O)cc1. The molecule has 0 saturated heterocycles. The standard InChI is InChI=1S/C22H27N3O5/c1-15(26)25-20(16-7-9-19(30-2)10-8-16)14-21(28)23-11-4-12-24-22(29)17-5-3-6-18(27)13-17/h3,5-10,13,20,27H,4,11-12,14H2,1-2H3,(H,23,28)(H,24,29)(H,25,26). The fourth-order valence-corrected chi connectivity index (χ4v) is 2.86. The average molecular weight is 413 g/mol. The van der Waals surface area contributed by atoms with Crippen molar-refractivity contribution in [3.8, 4) is 11.5 Å². The van der Waals surface area contributed by atoms with Gasteiger partial charge in [0.2, 0.25) is 11.8 Å². The molecule has 0 fully saturated rings. The lowest BCUT2D eigenvalue weighted by Gasteiger charge is -2.18. The Bertz CT molecular complexity index is 867. The first kappa shape index (κ1) is 22.7. The van der Waals surface area contributed by atoms with Crippen LogP contribution in [0, 0.1) is 0 Å². The van der Waals surface area contributed by atoms with Crippen LogP contribution >= 0.6 is 0 Å². The van der Waals surface area contributed by atoms with E-state index in [1.165, 1.54) is 19.1 Å². The van der Waals surface area contributed by atoms with Gasteiger partial charge in [0, 0.05) is 25.6 Å². The van der Waals surface area contributed by atoms with Crippen LogP contribution in [0.1, 0.15) is 41.7 Å². The van der Waals surface area contributed by atoms with Crippen molar-refractivity contribution in [2.45, 2.75) is 25.8 Å². The van der Waals surface area contributed by atoms with Gasteiger partial charge in [-0.1, -0.05) is 18.2 Å². The lowest BCUT2D eigenvalue weighted by atomic mass is 10.0. The van der Waals surface area contributed by atoms with E-state index in [1.54, 1.807) is 31.4 Å². The van der Waals surface area contributed by atoms with E-state index in [0.29, 0.717) is 30.8 Å². The highest BCUT2D eigenvalue weighted by Crippen LogP contribution is 2.20. The van der Waals surface area contributed by atoms with E-state index in [4.69, 9.17) is 4.74 Å². The van der Waals surface area contributed by atoms with Crippen LogP contribution in [0.4, 0.5) is 0 Å². The minimum Gasteiger partial charge on any atom is -0.508 e. The lowest BCUT2D eigenvalue weighted by molar-refractivity contribution is -0.122. The van der Waals surface area contributed by atoms with Crippen molar-refractivity contribution < 1.29 is 24.2 Å². The number of phenols is 1. The molecule has 0 heterocycles. The highest BCUT2D eigenvalue weighted by molar-refractivity contribution is 5.94. The predicted octanol–water partition coefficient (Wildman–Crippen LogP) is 1.90. The molecule has 0 aliphatic heterocycles. The van der Waals surface area contributed by atoms with Gasteiger partial charge in [-0.05, 0) is 42.3 Å². The summed E-state index contributed by atoms with van der Waals surface area (Å²) in [6, 6.07) is 12.8. The molecule has 0 spiro atoms.